The highest BCUT2D eigenvalue weighted by Crippen LogP contribution is 2.27. The summed E-state index contributed by atoms with van der Waals surface area (Å²) >= 11 is 1.63. The van der Waals surface area contributed by atoms with Crippen molar-refractivity contribution in [3.8, 4) is 22.0 Å². The fourth-order valence-electron chi connectivity index (χ4n) is 2.09. The van der Waals surface area contributed by atoms with Gasteiger partial charge in [-0.05, 0) is 30.5 Å². The van der Waals surface area contributed by atoms with Crippen LogP contribution in [0.5, 0.6) is 0 Å². The van der Waals surface area contributed by atoms with Crippen LogP contribution in [0.4, 0.5) is 0 Å². The summed E-state index contributed by atoms with van der Waals surface area (Å²) in [7, 11) is -3.05. The van der Waals surface area contributed by atoms with Gasteiger partial charge >= 0.3 is 0 Å². The Morgan fingerprint density at radius 1 is 1.22 bits per heavy atom. The van der Waals surface area contributed by atoms with Gasteiger partial charge in [0, 0.05) is 12.7 Å². The topological polar surface area (TPSA) is 86.0 Å². The van der Waals surface area contributed by atoms with Gasteiger partial charge in [-0.2, -0.15) is 4.98 Å². The van der Waals surface area contributed by atoms with Gasteiger partial charge in [-0.25, -0.2) is 8.42 Å². The first-order valence-corrected chi connectivity index (χ1v) is 9.88. The smallest absolute Gasteiger partial charge is 0.259 e. The van der Waals surface area contributed by atoms with E-state index in [1.54, 1.807) is 11.3 Å². The average molecular weight is 349 g/mol. The minimum absolute atomic E-state index is 0.000517. The Morgan fingerprint density at radius 3 is 2.70 bits per heavy atom. The van der Waals surface area contributed by atoms with Gasteiger partial charge in [-0.3, -0.25) is 4.98 Å². The van der Waals surface area contributed by atoms with Crippen LogP contribution in [0.1, 0.15) is 11.5 Å². The van der Waals surface area contributed by atoms with Crippen molar-refractivity contribution in [2.75, 3.05) is 12.0 Å². The van der Waals surface area contributed by atoms with Gasteiger partial charge in [-0.15, -0.1) is 11.3 Å². The second-order valence-electron chi connectivity index (χ2n) is 5.20. The van der Waals surface area contributed by atoms with Crippen LogP contribution >= 0.6 is 11.3 Å². The summed E-state index contributed by atoms with van der Waals surface area (Å²) in [4.78, 5) is 9.93. The number of hydrogen-bond acceptors (Lipinski definition) is 7. The molecule has 120 valence electrons. The molecule has 3 heterocycles. The summed E-state index contributed by atoms with van der Waals surface area (Å²) in [5.41, 5.74) is 2.44. The van der Waals surface area contributed by atoms with Crippen molar-refractivity contribution in [3.05, 3.63) is 41.2 Å². The Bertz CT molecular complexity index is 915. The summed E-state index contributed by atoms with van der Waals surface area (Å²) in [5.74, 6) is 0.740. The number of hydrogen-bond donors (Lipinski definition) is 0. The lowest BCUT2D eigenvalue weighted by molar-refractivity contribution is 0.423. The molecule has 3 aromatic heterocycles. The van der Waals surface area contributed by atoms with Crippen LogP contribution in [0.25, 0.3) is 22.0 Å². The monoisotopic (exact) mass is 349 g/mol. The molecule has 0 fully saturated rings. The maximum atomic E-state index is 11.2. The number of aryl methyl sites for hydroxylation is 2. The lowest BCUT2D eigenvalue weighted by Gasteiger charge is -2.02. The first-order valence-electron chi connectivity index (χ1n) is 6.94. The molecule has 0 saturated carbocycles. The van der Waals surface area contributed by atoms with E-state index in [2.05, 4.69) is 15.1 Å². The quantitative estimate of drug-likeness (QED) is 0.704. The van der Waals surface area contributed by atoms with Gasteiger partial charge in [-0.1, -0.05) is 11.2 Å². The Balaban J connectivity index is 1.83. The zero-order chi connectivity index (χ0) is 16.4. The summed E-state index contributed by atoms with van der Waals surface area (Å²) < 4.78 is 27.6. The minimum Gasteiger partial charge on any atom is -0.334 e. The van der Waals surface area contributed by atoms with Crippen molar-refractivity contribution < 1.29 is 12.9 Å². The zero-order valence-electron chi connectivity index (χ0n) is 12.7. The van der Waals surface area contributed by atoms with Gasteiger partial charge in [0.1, 0.15) is 9.84 Å². The predicted octanol–water partition coefficient (Wildman–Crippen LogP) is 2.76. The third-order valence-corrected chi connectivity index (χ3v) is 5.09. The maximum Gasteiger partial charge on any atom is 0.259 e. The van der Waals surface area contributed by atoms with Crippen molar-refractivity contribution >= 4 is 21.2 Å². The van der Waals surface area contributed by atoms with Crippen LogP contribution in [0.15, 0.2) is 34.2 Å². The summed E-state index contributed by atoms with van der Waals surface area (Å²) in [6.45, 7) is 1.88. The van der Waals surface area contributed by atoms with Crippen molar-refractivity contribution in [1.82, 2.24) is 15.1 Å². The largest absolute Gasteiger partial charge is 0.334 e. The van der Waals surface area contributed by atoms with Crippen LogP contribution in [0.2, 0.25) is 0 Å². The van der Waals surface area contributed by atoms with Crippen LogP contribution in [-0.2, 0) is 16.3 Å². The number of rotatable bonds is 5. The van der Waals surface area contributed by atoms with E-state index in [1.165, 1.54) is 6.26 Å². The summed E-state index contributed by atoms with van der Waals surface area (Å²) in [6, 6.07) is 7.80. The normalized spacial score (nSPS) is 11.7. The fraction of sp³-hybridized carbons (Fsp3) is 0.267. The number of aromatic nitrogens is 3. The molecule has 0 spiro atoms. The number of nitrogens with zero attached hydrogens (tertiary/aromatic N) is 3. The van der Waals surface area contributed by atoms with E-state index >= 15 is 0 Å². The standard InChI is InChI=1S/C15H15N3O3S2/c1-10-11(5-6-12(16-10)13-4-3-8-22-13)15-17-14(18-21-15)7-9-23(2,19)20/h3-6,8H,7,9H2,1-2H3. The molecule has 0 amide bonds. The van der Waals surface area contributed by atoms with Gasteiger partial charge in [0.15, 0.2) is 5.82 Å². The van der Waals surface area contributed by atoms with E-state index in [0.717, 1.165) is 21.8 Å². The van der Waals surface area contributed by atoms with Gasteiger partial charge in [0.25, 0.3) is 5.89 Å². The Hall–Kier alpha value is -2.06. The van der Waals surface area contributed by atoms with Gasteiger partial charge in [0.05, 0.1) is 27.6 Å². The van der Waals surface area contributed by atoms with E-state index in [4.69, 9.17) is 4.52 Å². The highest BCUT2D eigenvalue weighted by atomic mass is 32.2. The molecule has 0 aromatic carbocycles. The molecule has 0 aliphatic heterocycles. The van der Waals surface area contributed by atoms with Crippen molar-refractivity contribution in [2.45, 2.75) is 13.3 Å². The maximum absolute atomic E-state index is 11.2. The first kappa shape index (κ1) is 15.8. The molecule has 0 aliphatic carbocycles. The SMILES string of the molecule is Cc1nc(-c2cccs2)ccc1-c1nc(CCS(C)(=O)=O)no1. The third-order valence-electron chi connectivity index (χ3n) is 3.25. The molecule has 0 unspecified atom stereocenters. The molecule has 0 aliphatic rings. The van der Waals surface area contributed by atoms with Gasteiger partial charge in [0.2, 0.25) is 0 Å². The molecular formula is C15H15N3O3S2. The molecule has 6 nitrogen and oxygen atoms in total. The molecule has 23 heavy (non-hydrogen) atoms. The zero-order valence-corrected chi connectivity index (χ0v) is 14.3. The van der Waals surface area contributed by atoms with Crippen molar-refractivity contribution in [2.24, 2.45) is 0 Å². The molecular weight excluding hydrogens is 334 g/mol. The molecule has 0 radical (unpaired) electrons. The highest BCUT2D eigenvalue weighted by molar-refractivity contribution is 7.90. The van der Waals surface area contributed by atoms with Crippen molar-refractivity contribution in [1.29, 1.82) is 0 Å². The first-order chi connectivity index (χ1) is 10.9. The van der Waals surface area contributed by atoms with E-state index < -0.39 is 9.84 Å². The highest BCUT2D eigenvalue weighted by Gasteiger charge is 2.14. The van der Waals surface area contributed by atoms with E-state index in [1.807, 2.05) is 36.6 Å². The van der Waals surface area contributed by atoms with Gasteiger partial charge < -0.3 is 4.52 Å². The number of pyridine rings is 1. The average Bonchev–Trinajstić information content (AvgIpc) is 3.16. The van der Waals surface area contributed by atoms with Crippen molar-refractivity contribution in [3.63, 3.8) is 0 Å². The second-order valence-corrected chi connectivity index (χ2v) is 8.41. The molecule has 0 N–H and O–H groups in total. The molecule has 3 aromatic rings. The minimum atomic E-state index is -3.05. The van der Waals surface area contributed by atoms with E-state index in [0.29, 0.717) is 11.7 Å². The lowest BCUT2D eigenvalue weighted by Crippen LogP contribution is -2.06. The summed E-state index contributed by atoms with van der Waals surface area (Å²) in [6.07, 6.45) is 1.42. The molecule has 0 bridgehead atoms. The summed E-state index contributed by atoms with van der Waals surface area (Å²) in [5, 5.41) is 5.84. The number of sulfone groups is 1. The molecule has 8 heteroatoms. The fourth-order valence-corrected chi connectivity index (χ4v) is 3.34. The van der Waals surface area contributed by atoms with Crippen LogP contribution < -0.4 is 0 Å². The molecule has 0 saturated heterocycles. The molecule has 0 atom stereocenters. The lowest BCUT2D eigenvalue weighted by atomic mass is 10.1. The van der Waals surface area contributed by atoms with E-state index in [9.17, 15) is 8.42 Å². The van der Waals surface area contributed by atoms with E-state index in [-0.39, 0.29) is 12.2 Å². The third kappa shape index (κ3) is 3.83. The Kier molecular flexibility index (Phi) is 4.27. The second kappa shape index (κ2) is 6.21. The predicted molar refractivity (Wildman–Crippen MR) is 89.0 cm³/mol. The Morgan fingerprint density at radius 2 is 2.04 bits per heavy atom. The van der Waals surface area contributed by atoms with Crippen LogP contribution in [0.3, 0.4) is 0 Å². The molecule has 3 rings (SSSR count). The number of thiophene rings is 1. The Labute approximate surface area is 138 Å². The van der Waals surface area contributed by atoms with Crippen LogP contribution in [-0.4, -0.2) is 35.6 Å². The van der Waals surface area contributed by atoms with Crippen LogP contribution in [0, 0.1) is 6.92 Å².